The van der Waals surface area contributed by atoms with Crippen molar-refractivity contribution in [3.63, 3.8) is 0 Å². The van der Waals surface area contributed by atoms with Gasteiger partial charge in [-0.05, 0) is 13.3 Å². The van der Waals surface area contributed by atoms with Crippen LogP contribution in [0.2, 0.25) is 0 Å². The Bertz CT molecular complexity index is 634. The molecule has 1 aliphatic rings. The van der Waals surface area contributed by atoms with Crippen LogP contribution in [-0.2, 0) is 9.53 Å². The number of aryl methyl sites for hydroxylation is 1. The molecular weight excluding hydrogens is 232 g/mol. The molecule has 2 atom stereocenters. The average Bonchev–Trinajstić information content (AvgIpc) is 3.03. The average molecular weight is 244 g/mol. The lowest BCUT2D eigenvalue weighted by molar-refractivity contribution is -0.139. The molecule has 18 heavy (non-hydrogen) atoms. The van der Waals surface area contributed by atoms with Crippen molar-refractivity contribution < 1.29 is 9.53 Å². The zero-order valence-corrected chi connectivity index (χ0v) is 9.91. The highest BCUT2D eigenvalue weighted by atomic mass is 16.5. The lowest BCUT2D eigenvalue weighted by Crippen LogP contribution is -2.06. The second-order valence-electron chi connectivity index (χ2n) is 4.30. The summed E-state index contributed by atoms with van der Waals surface area (Å²) in [5, 5.41) is 0. The molecule has 0 saturated heterocycles. The van der Waals surface area contributed by atoms with Crippen LogP contribution in [0.5, 0.6) is 0 Å². The molecule has 0 amide bonds. The number of nitrogens with zero attached hydrogens (tertiary/aromatic N) is 4. The van der Waals surface area contributed by atoms with Crippen molar-refractivity contribution >= 4 is 17.1 Å². The molecule has 92 valence electrons. The summed E-state index contributed by atoms with van der Waals surface area (Å²) in [5.74, 6) is -0.377. The lowest BCUT2D eigenvalue weighted by atomic mass is 10.4. The molecule has 2 heterocycles. The highest BCUT2D eigenvalue weighted by Crippen LogP contribution is 2.45. The summed E-state index contributed by atoms with van der Waals surface area (Å²) < 4.78 is 6.70. The van der Waals surface area contributed by atoms with Crippen LogP contribution in [0.3, 0.4) is 0 Å². The largest absolute Gasteiger partial charge is 0.435 e. The van der Waals surface area contributed by atoms with Crippen LogP contribution >= 0.6 is 0 Å². The van der Waals surface area contributed by atoms with E-state index in [2.05, 4.69) is 21.5 Å². The highest BCUT2D eigenvalue weighted by Gasteiger charge is 2.46. The van der Waals surface area contributed by atoms with Gasteiger partial charge in [0.25, 0.3) is 0 Å². The molecule has 6 heteroatoms. The van der Waals surface area contributed by atoms with Gasteiger partial charge in [0.2, 0.25) is 0 Å². The fraction of sp³-hybridized carbons (Fsp3) is 0.333. The number of hydrogen-bond acceptors (Lipinski definition) is 5. The maximum atomic E-state index is 11.6. The van der Waals surface area contributed by atoms with E-state index in [1.807, 2.05) is 11.5 Å². The summed E-state index contributed by atoms with van der Waals surface area (Å²) in [7, 11) is 0. The topological polar surface area (TPSA) is 69.9 Å². The van der Waals surface area contributed by atoms with Gasteiger partial charge in [-0.3, -0.25) is 4.79 Å². The lowest BCUT2D eigenvalue weighted by Gasteiger charge is -2.02. The number of rotatable bonds is 3. The second kappa shape index (κ2) is 3.90. The maximum absolute atomic E-state index is 11.6. The van der Waals surface area contributed by atoms with E-state index >= 15 is 0 Å². The zero-order chi connectivity index (χ0) is 12.7. The van der Waals surface area contributed by atoms with E-state index in [1.54, 1.807) is 6.33 Å². The number of hydrogen-bond donors (Lipinski definition) is 0. The Labute approximate surface area is 103 Å². The van der Waals surface area contributed by atoms with Crippen molar-refractivity contribution in [2.24, 2.45) is 5.92 Å². The summed E-state index contributed by atoms with van der Waals surface area (Å²) in [6.45, 7) is 5.26. The third kappa shape index (κ3) is 1.57. The molecule has 1 saturated carbocycles. The third-order valence-corrected chi connectivity index (χ3v) is 3.16. The summed E-state index contributed by atoms with van der Waals surface area (Å²) in [6, 6.07) is 0.0803. The van der Waals surface area contributed by atoms with Crippen LogP contribution in [0.4, 0.5) is 0 Å². The molecule has 6 nitrogen and oxygen atoms in total. The maximum Gasteiger partial charge on any atom is 0.315 e. The monoisotopic (exact) mass is 244 g/mol. The first-order chi connectivity index (χ1) is 8.72. The number of aromatic nitrogens is 4. The third-order valence-electron chi connectivity index (χ3n) is 3.16. The van der Waals surface area contributed by atoms with Gasteiger partial charge in [0.05, 0.1) is 30.2 Å². The zero-order valence-electron chi connectivity index (χ0n) is 9.91. The van der Waals surface area contributed by atoms with E-state index in [-0.39, 0.29) is 17.9 Å². The van der Waals surface area contributed by atoms with Gasteiger partial charge >= 0.3 is 5.97 Å². The van der Waals surface area contributed by atoms with E-state index in [9.17, 15) is 4.79 Å². The van der Waals surface area contributed by atoms with Crippen LogP contribution in [0.25, 0.3) is 11.2 Å². The van der Waals surface area contributed by atoms with Gasteiger partial charge < -0.3 is 9.30 Å². The van der Waals surface area contributed by atoms with Gasteiger partial charge in [-0.2, -0.15) is 0 Å². The standard InChI is InChI=1S/C12H12N4O2/c1-3-18-12(17)8-4-9(8)16-6-15-10-7(2)13-5-14-11(10)16/h3,5-6,8-9H,1,4H2,2H3/t8-,9?/m0/s1. The molecule has 1 fully saturated rings. The quantitative estimate of drug-likeness (QED) is 0.602. The molecule has 0 bridgehead atoms. The summed E-state index contributed by atoms with van der Waals surface area (Å²) >= 11 is 0. The molecule has 2 aromatic heterocycles. The Balaban J connectivity index is 1.91. The molecule has 2 aromatic rings. The number of esters is 1. The summed E-state index contributed by atoms with van der Waals surface area (Å²) in [6.07, 6.45) is 5.13. The second-order valence-corrected chi connectivity index (χ2v) is 4.30. The Hall–Kier alpha value is -2.24. The van der Waals surface area contributed by atoms with Gasteiger partial charge in [0.1, 0.15) is 11.8 Å². The number of carbonyl (C=O) groups is 1. The molecular formula is C12H12N4O2. The Morgan fingerprint density at radius 2 is 2.39 bits per heavy atom. The normalized spacial score (nSPS) is 21.8. The van der Waals surface area contributed by atoms with Crippen LogP contribution in [-0.4, -0.2) is 25.5 Å². The van der Waals surface area contributed by atoms with Gasteiger partial charge in [-0.25, -0.2) is 15.0 Å². The number of fused-ring (bicyclic) bond motifs is 1. The summed E-state index contributed by atoms with van der Waals surface area (Å²) in [4.78, 5) is 24.2. The van der Waals surface area contributed by atoms with Gasteiger partial charge in [0, 0.05) is 0 Å². The molecule has 0 spiro atoms. The fourth-order valence-corrected chi connectivity index (χ4v) is 2.12. The summed E-state index contributed by atoms with van der Waals surface area (Å²) in [5.41, 5.74) is 2.38. The van der Waals surface area contributed by atoms with Crippen LogP contribution in [0.15, 0.2) is 25.5 Å². The highest BCUT2D eigenvalue weighted by molar-refractivity contribution is 5.78. The SMILES string of the molecule is C=COC(=O)[C@H]1CC1n1cnc2c(C)ncnc21. The predicted octanol–water partition coefficient (Wildman–Crippen LogP) is 1.38. The predicted molar refractivity (Wildman–Crippen MR) is 63.5 cm³/mol. The van der Waals surface area contributed by atoms with Crippen molar-refractivity contribution in [1.82, 2.24) is 19.5 Å². The van der Waals surface area contributed by atoms with Crippen molar-refractivity contribution in [3.05, 3.63) is 31.2 Å². The van der Waals surface area contributed by atoms with Gasteiger partial charge in [0.15, 0.2) is 5.65 Å². The van der Waals surface area contributed by atoms with E-state index in [0.29, 0.717) is 0 Å². The van der Waals surface area contributed by atoms with E-state index in [1.165, 1.54) is 6.33 Å². The van der Waals surface area contributed by atoms with Gasteiger partial charge in [-0.15, -0.1) is 0 Å². The van der Waals surface area contributed by atoms with E-state index < -0.39 is 0 Å². The van der Waals surface area contributed by atoms with Crippen LogP contribution in [0.1, 0.15) is 18.2 Å². The molecule has 1 unspecified atom stereocenters. The minimum Gasteiger partial charge on any atom is -0.435 e. The van der Waals surface area contributed by atoms with Crippen molar-refractivity contribution in [2.45, 2.75) is 19.4 Å². The van der Waals surface area contributed by atoms with Crippen molar-refractivity contribution in [2.75, 3.05) is 0 Å². The van der Waals surface area contributed by atoms with Crippen LogP contribution in [0, 0.1) is 12.8 Å². The number of imidazole rings is 1. The molecule has 1 aliphatic carbocycles. The minimum absolute atomic E-state index is 0.0803. The molecule has 3 rings (SSSR count). The van der Waals surface area contributed by atoms with Gasteiger partial charge in [-0.1, -0.05) is 6.58 Å². The molecule has 0 aliphatic heterocycles. The van der Waals surface area contributed by atoms with Crippen molar-refractivity contribution in [1.29, 1.82) is 0 Å². The Morgan fingerprint density at radius 1 is 1.56 bits per heavy atom. The molecule has 0 radical (unpaired) electrons. The first-order valence-electron chi connectivity index (χ1n) is 5.68. The van der Waals surface area contributed by atoms with E-state index in [0.717, 1.165) is 29.5 Å². The Morgan fingerprint density at radius 3 is 3.17 bits per heavy atom. The fourth-order valence-electron chi connectivity index (χ4n) is 2.12. The first kappa shape index (κ1) is 10.9. The number of ether oxygens (including phenoxy) is 1. The number of carbonyl (C=O) groups excluding carboxylic acids is 1. The molecule has 0 aromatic carbocycles. The molecule has 0 N–H and O–H groups in total. The van der Waals surface area contributed by atoms with Crippen molar-refractivity contribution in [3.8, 4) is 0 Å². The Kier molecular flexibility index (Phi) is 2.36. The smallest absolute Gasteiger partial charge is 0.315 e. The minimum atomic E-state index is -0.248. The first-order valence-corrected chi connectivity index (χ1v) is 5.68. The van der Waals surface area contributed by atoms with Crippen LogP contribution < -0.4 is 0 Å². The van der Waals surface area contributed by atoms with E-state index in [4.69, 9.17) is 4.74 Å².